The van der Waals surface area contributed by atoms with E-state index in [1.54, 1.807) is 43.3 Å². The van der Waals surface area contributed by atoms with Crippen molar-refractivity contribution in [3.05, 3.63) is 98.5 Å². The van der Waals surface area contributed by atoms with Crippen LogP contribution in [0.1, 0.15) is 18.1 Å². The molecule has 1 N–H and O–H groups in total. The number of hydrogen-bond donors (Lipinski definition) is 1. The quantitative estimate of drug-likeness (QED) is 0.115. The summed E-state index contributed by atoms with van der Waals surface area (Å²) >= 11 is 15.3. The van der Waals surface area contributed by atoms with Gasteiger partial charge in [0.15, 0.2) is 6.10 Å². The lowest BCUT2D eigenvalue weighted by atomic mass is 10.2. The van der Waals surface area contributed by atoms with Gasteiger partial charge in [-0.3, -0.25) is 4.79 Å². The summed E-state index contributed by atoms with van der Waals surface area (Å²) in [6.07, 6.45) is 3.48. The smallest absolute Gasteiger partial charge is 0.336 e. The molecule has 0 spiro atoms. The van der Waals surface area contributed by atoms with Crippen molar-refractivity contribution in [2.45, 2.75) is 13.0 Å². The Bertz CT molecular complexity index is 1230. The molecular weight excluding hydrogens is 543 g/mol. The maximum Gasteiger partial charge on any atom is 0.336 e. The summed E-state index contributed by atoms with van der Waals surface area (Å²) in [5, 5.41) is 4.70. The van der Waals surface area contributed by atoms with Crippen molar-refractivity contribution in [2.75, 3.05) is 0 Å². The van der Waals surface area contributed by atoms with Crippen molar-refractivity contribution < 1.29 is 19.1 Å². The monoisotopic (exact) mass is 560 g/mol. The molecule has 0 aliphatic rings. The maximum absolute atomic E-state index is 12.3. The first-order chi connectivity index (χ1) is 16.3. The molecule has 3 aromatic carbocycles. The van der Waals surface area contributed by atoms with Crippen molar-refractivity contribution in [3.63, 3.8) is 0 Å². The summed E-state index contributed by atoms with van der Waals surface area (Å²) < 4.78 is 11.7. The van der Waals surface area contributed by atoms with E-state index in [9.17, 15) is 9.59 Å². The van der Waals surface area contributed by atoms with Crippen molar-refractivity contribution in [1.29, 1.82) is 0 Å². The second kappa shape index (κ2) is 12.4. The Morgan fingerprint density at radius 1 is 1.03 bits per heavy atom. The first-order valence-corrected chi connectivity index (χ1v) is 11.6. The molecule has 0 fully saturated rings. The predicted octanol–water partition coefficient (Wildman–Crippen LogP) is 6.29. The van der Waals surface area contributed by atoms with Crippen LogP contribution in [0.4, 0.5) is 0 Å². The standard InChI is InChI=1S/C25H19BrCl2N2O4/c1-16(33-23-11-9-20(27)14-21(23)28)25(32)30-29-15-18-13-19(26)8-10-22(18)34-24(31)12-7-17-5-3-2-4-6-17/h2-16H,1H3,(H,30,32)/b12-7+,29-15-/t16-/m0/s1. The minimum atomic E-state index is -0.876. The Hall–Kier alpha value is -3.13. The minimum Gasteiger partial charge on any atom is -0.479 e. The zero-order chi connectivity index (χ0) is 24.5. The molecule has 0 bridgehead atoms. The summed E-state index contributed by atoms with van der Waals surface area (Å²) in [5.74, 6) is -0.447. The van der Waals surface area contributed by atoms with Gasteiger partial charge in [0.1, 0.15) is 11.5 Å². The number of halogens is 3. The topological polar surface area (TPSA) is 77.0 Å². The van der Waals surface area contributed by atoms with Crippen LogP contribution in [-0.4, -0.2) is 24.2 Å². The van der Waals surface area contributed by atoms with Gasteiger partial charge in [0.2, 0.25) is 0 Å². The third kappa shape index (κ3) is 7.73. The van der Waals surface area contributed by atoms with E-state index in [4.69, 9.17) is 32.7 Å². The van der Waals surface area contributed by atoms with E-state index < -0.39 is 18.0 Å². The Kier molecular flexibility index (Phi) is 9.27. The number of nitrogens with zero attached hydrogens (tertiary/aromatic N) is 1. The van der Waals surface area contributed by atoms with Gasteiger partial charge in [0.05, 0.1) is 11.2 Å². The van der Waals surface area contributed by atoms with Crippen LogP contribution in [0.3, 0.4) is 0 Å². The predicted molar refractivity (Wildman–Crippen MR) is 138 cm³/mol. The fraction of sp³-hybridized carbons (Fsp3) is 0.0800. The number of hydrogen-bond acceptors (Lipinski definition) is 5. The molecule has 0 radical (unpaired) electrons. The van der Waals surface area contributed by atoms with Gasteiger partial charge >= 0.3 is 5.97 Å². The normalized spacial score (nSPS) is 12.0. The lowest BCUT2D eigenvalue weighted by Gasteiger charge is -2.14. The van der Waals surface area contributed by atoms with Crippen LogP contribution in [0.15, 0.2) is 82.4 Å². The molecule has 0 saturated heterocycles. The average Bonchev–Trinajstić information content (AvgIpc) is 2.81. The Balaban J connectivity index is 1.62. The van der Waals surface area contributed by atoms with Crippen molar-refractivity contribution in [1.82, 2.24) is 5.43 Å². The number of amides is 1. The zero-order valence-corrected chi connectivity index (χ0v) is 21.0. The Morgan fingerprint density at radius 3 is 2.50 bits per heavy atom. The second-order valence-electron chi connectivity index (χ2n) is 6.92. The van der Waals surface area contributed by atoms with E-state index in [0.717, 1.165) is 10.0 Å². The summed E-state index contributed by atoms with van der Waals surface area (Å²) in [5.41, 5.74) is 3.74. The number of nitrogens with one attached hydrogen (secondary N) is 1. The number of benzene rings is 3. The minimum absolute atomic E-state index is 0.279. The molecule has 9 heteroatoms. The summed E-state index contributed by atoms with van der Waals surface area (Å²) in [6.45, 7) is 1.56. The number of hydrazone groups is 1. The van der Waals surface area contributed by atoms with Crippen LogP contribution in [-0.2, 0) is 9.59 Å². The van der Waals surface area contributed by atoms with Gasteiger partial charge in [-0.05, 0) is 55.0 Å². The highest BCUT2D eigenvalue weighted by Gasteiger charge is 2.16. The molecule has 1 amide bonds. The van der Waals surface area contributed by atoms with Crippen LogP contribution < -0.4 is 14.9 Å². The van der Waals surface area contributed by atoms with Crippen LogP contribution in [0.2, 0.25) is 10.0 Å². The SMILES string of the molecule is C[C@H](Oc1ccc(Cl)cc1Cl)C(=O)N/N=C\c1cc(Br)ccc1OC(=O)/C=C/c1ccccc1. The number of esters is 1. The fourth-order valence-corrected chi connectivity index (χ4v) is 3.49. The zero-order valence-electron chi connectivity index (χ0n) is 17.9. The third-order valence-electron chi connectivity index (χ3n) is 4.34. The van der Waals surface area contributed by atoms with E-state index >= 15 is 0 Å². The molecule has 34 heavy (non-hydrogen) atoms. The maximum atomic E-state index is 12.3. The molecule has 0 saturated carbocycles. The highest BCUT2D eigenvalue weighted by molar-refractivity contribution is 9.10. The Morgan fingerprint density at radius 2 is 1.76 bits per heavy atom. The van der Waals surface area contributed by atoms with Crippen LogP contribution in [0.25, 0.3) is 6.08 Å². The molecule has 174 valence electrons. The molecule has 0 heterocycles. The van der Waals surface area contributed by atoms with Gasteiger partial charge in [-0.15, -0.1) is 0 Å². The number of carbonyl (C=O) groups excluding carboxylic acids is 2. The number of ether oxygens (including phenoxy) is 2. The molecule has 0 aliphatic carbocycles. The first-order valence-electron chi connectivity index (χ1n) is 10.0. The fourth-order valence-electron chi connectivity index (χ4n) is 2.66. The van der Waals surface area contributed by atoms with Gasteiger partial charge < -0.3 is 9.47 Å². The summed E-state index contributed by atoms with van der Waals surface area (Å²) in [6, 6.07) is 19.1. The summed E-state index contributed by atoms with van der Waals surface area (Å²) in [7, 11) is 0. The van der Waals surface area contributed by atoms with Crippen LogP contribution in [0.5, 0.6) is 11.5 Å². The van der Waals surface area contributed by atoms with Crippen molar-refractivity contribution in [3.8, 4) is 11.5 Å². The van der Waals surface area contributed by atoms with Crippen LogP contribution in [0, 0.1) is 0 Å². The van der Waals surface area contributed by atoms with E-state index in [1.807, 2.05) is 30.3 Å². The molecule has 6 nitrogen and oxygen atoms in total. The average molecular weight is 562 g/mol. The lowest BCUT2D eigenvalue weighted by Crippen LogP contribution is -2.33. The lowest BCUT2D eigenvalue weighted by molar-refractivity contribution is -0.129. The second-order valence-corrected chi connectivity index (χ2v) is 8.68. The summed E-state index contributed by atoms with van der Waals surface area (Å²) in [4.78, 5) is 24.6. The number of carbonyl (C=O) groups is 2. The van der Waals surface area contributed by atoms with E-state index in [-0.39, 0.29) is 10.8 Å². The largest absolute Gasteiger partial charge is 0.479 e. The van der Waals surface area contributed by atoms with Gasteiger partial charge in [-0.2, -0.15) is 5.10 Å². The molecule has 3 aromatic rings. The van der Waals surface area contributed by atoms with Gasteiger partial charge in [0, 0.05) is 21.1 Å². The molecule has 0 aromatic heterocycles. The number of rotatable bonds is 8. The molecule has 0 unspecified atom stereocenters. The van der Waals surface area contributed by atoms with Crippen LogP contribution >= 0.6 is 39.1 Å². The molecule has 1 atom stereocenters. The highest BCUT2D eigenvalue weighted by atomic mass is 79.9. The molecule has 0 aliphatic heterocycles. The van der Waals surface area contributed by atoms with Gasteiger partial charge in [-0.25, -0.2) is 10.2 Å². The Labute approximate surface area is 215 Å². The van der Waals surface area contributed by atoms with Crippen molar-refractivity contribution in [2.24, 2.45) is 5.10 Å². The van der Waals surface area contributed by atoms with Gasteiger partial charge in [0.25, 0.3) is 5.91 Å². The van der Waals surface area contributed by atoms with E-state index in [1.165, 1.54) is 18.4 Å². The van der Waals surface area contributed by atoms with Gasteiger partial charge in [-0.1, -0.05) is 69.5 Å². The van der Waals surface area contributed by atoms with E-state index in [2.05, 4.69) is 26.5 Å². The highest BCUT2D eigenvalue weighted by Crippen LogP contribution is 2.28. The van der Waals surface area contributed by atoms with E-state index in [0.29, 0.717) is 16.3 Å². The third-order valence-corrected chi connectivity index (χ3v) is 5.36. The molecule has 3 rings (SSSR count). The molecular formula is C25H19BrCl2N2O4. The first kappa shape index (κ1) is 25.5. The van der Waals surface area contributed by atoms with Crippen molar-refractivity contribution >= 4 is 63.3 Å².